The van der Waals surface area contributed by atoms with Gasteiger partial charge in [0.25, 0.3) is 0 Å². The fourth-order valence-corrected chi connectivity index (χ4v) is 5.23. The number of nitrogens with zero attached hydrogens (tertiary/aromatic N) is 3. The first kappa shape index (κ1) is 24.3. The van der Waals surface area contributed by atoms with Crippen LogP contribution < -0.4 is 15.7 Å². The minimum atomic E-state index is -0.330. The number of fused-ring (bicyclic) bond motifs is 1. The molecule has 0 unspecified atom stereocenters. The highest BCUT2D eigenvalue weighted by Gasteiger charge is 2.35. The molecule has 1 atom stereocenters. The monoisotopic (exact) mass is 484 g/mol. The van der Waals surface area contributed by atoms with E-state index in [-0.39, 0.29) is 16.7 Å². The normalized spacial score (nSPS) is 18.4. The van der Waals surface area contributed by atoms with Gasteiger partial charge in [-0.05, 0) is 48.6 Å². The second-order valence-corrected chi connectivity index (χ2v) is 11.3. The van der Waals surface area contributed by atoms with Crippen LogP contribution in [0.1, 0.15) is 39.2 Å². The van der Waals surface area contributed by atoms with Crippen LogP contribution >= 0.6 is 0 Å². The molecule has 1 N–H and O–H groups in total. The molecule has 36 heavy (non-hydrogen) atoms. The van der Waals surface area contributed by atoms with E-state index >= 15 is 0 Å². The highest BCUT2D eigenvalue weighted by atomic mass is 16.5. The second kappa shape index (κ2) is 9.58. The molecule has 3 heterocycles. The standard InChI is InChI=1S/C30H36N4O2/c1-29(2,3)21-34-25-15-14-23(18-26(25)33(4)28(34)35)24-12-8-13-27(32-24)36-30(16-9-17-31-20-30)19-22-10-6-5-7-11-22/h5-8,10-15,18,31H,9,16-17,19-21H2,1-4H3/t30-/m1/s1. The van der Waals surface area contributed by atoms with Crippen LogP contribution in [0, 0.1) is 5.41 Å². The molecular weight excluding hydrogens is 448 g/mol. The van der Waals surface area contributed by atoms with Crippen LogP contribution in [0.3, 0.4) is 0 Å². The lowest BCUT2D eigenvalue weighted by Crippen LogP contribution is -2.51. The van der Waals surface area contributed by atoms with Crippen LogP contribution in [0.2, 0.25) is 0 Å². The van der Waals surface area contributed by atoms with Gasteiger partial charge in [-0.2, -0.15) is 0 Å². The quantitative estimate of drug-likeness (QED) is 0.409. The first-order valence-electron chi connectivity index (χ1n) is 12.8. The molecule has 6 heteroatoms. The topological polar surface area (TPSA) is 61.1 Å². The highest BCUT2D eigenvalue weighted by Crippen LogP contribution is 2.30. The van der Waals surface area contributed by atoms with Crippen LogP contribution in [-0.2, 0) is 20.0 Å². The van der Waals surface area contributed by atoms with Crippen molar-refractivity contribution in [2.24, 2.45) is 12.5 Å². The Hall–Kier alpha value is -3.38. The molecule has 188 valence electrons. The van der Waals surface area contributed by atoms with E-state index in [0.717, 1.165) is 54.6 Å². The van der Waals surface area contributed by atoms with Crippen LogP contribution in [0.25, 0.3) is 22.3 Å². The second-order valence-electron chi connectivity index (χ2n) is 11.3. The number of nitrogens with one attached hydrogen (secondary N) is 1. The predicted molar refractivity (Wildman–Crippen MR) is 145 cm³/mol. The molecule has 4 aromatic rings. The van der Waals surface area contributed by atoms with E-state index < -0.39 is 0 Å². The molecule has 0 amide bonds. The van der Waals surface area contributed by atoms with Crippen LogP contribution in [0.4, 0.5) is 0 Å². The fraction of sp³-hybridized carbons (Fsp3) is 0.400. The third-order valence-corrected chi connectivity index (χ3v) is 6.92. The largest absolute Gasteiger partial charge is 0.469 e. The van der Waals surface area contributed by atoms with Crippen molar-refractivity contribution >= 4 is 11.0 Å². The van der Waals surface area contributed by atoms with E-state index in [1.165, 1.54) is 5.56 Å². The zero-order valence-corrected chi connectivity index (χ0v) is 21.8. The Bertz CT molecular complexity index is 1410. The molecule has 5 rings (SSSR count). The molecule has 2 aromatic carbocycles. The van der Waals surface area contributed by atoms with E-state index in [1.807, 2.05) is 41.9 Å². The summed E-state index contributed by atoms with van der Waals surface area (Å²) in [5.41, 5.74) is 4.62. The van der Waals surface area contributed by atoms with Crippen molar-refractivity contribution in [3.05, 3.63) is 82.8 Å². The maximum absolute atomic E-state index is 13.0. The molecule has 1 aliphatic rings. The van der Waals surface area contributed by atoms with Crippen LogP contribution in [0.5, 0.6) is 5.88 Å². The summed E-state index contributed by atoms with van der Waals surface area (Å²) in [6, 6.07) is 22.6. The lowest BCUT2D eigenvalue weighted by atomic mass is 9.87. The molecule has 2 aromatic heterocycles. The molecule has 1 saturated heterocycles. The van der Waals surface area contributed by atoms with Gasteiger partial charge in [0.15, 0.2) is 0 Å². The minimum Gasteiger partial charge on any atom is -0.469 e. The van der Waals surface area contributed by atoms with Gasteiger partial charge in [0.2, 0.25) is 5.88 Å². The zero-order valence-electron chi connectivity index (χ0n) is 21.8. The number of rotatable bonds is 6. The van der Waals surface area contributed by atoms with Crippen molar-refractivity contribution in [2.45, 2.75) is 52.2 Å². The van der Waals surface area contributed by atoms with Crippen LogP contribution in [0.15, 0.2) is 71.5 Å². The average molecular weight is 485 g/mol. The third kappa shape index (κ3) is 5.09. The van der Waals surface area contributed by atoms with Gasteiger partial charge in [0.05, 0.1) is 16.7 Å². The van der Waals surface area contributed by atoms with Gasteiger partial charge in [-0.3, -0.25) is 9.13 Å². The summed E-state index contributed by atoms with van der Waals surface area (Å²) in [4.78, 5) is 17.9. The van der Waals surface area contributed by atoms with E-state index in [1.54, 1.807) is 4.57 Å². The van der Waals surface area contributed by atoms with Crippen LogP contribution in [-0.4, -0.2) is 32.8 Å². The lowest BCUT2D eigenvalue weighted by molar-refractivity contribution is 0.0386. The van der Waals surface area contributed by atoms with E-state index in [0.29, 0.717) is 12.4 Å². The maximum atomic E-state index is 13.0. The molecule has 0 bridgehead atoms. The van der Waals surface area contributed by atoms with E-state index in [2.05, 4.69) is 62.5 Å². The molecule has 0 spiro atoms. The first-order valence-corrected chi connectivity index (χ1v) is 12.8. The van der Waals surface area contributed by atoms with Crippen molar-refractivity contribution < 1.29 is 4.74 Å². The van der Waals surface area contributed by atoms with E-state index in [4.69, 9.17) is 9.72 Å². The highest BCUT2D eigenvalue weighted by molar-refractivity contribution is 5.82. The summed E-state index contributed by atoms with van der Waals surface area (Å²) in [5, 5.41) is 3.52. The Morgan fingerprint density at radius 1 is 1.03 bits per heavy atom. The number of aromatic nitrogens is 3. The Morgan fingerprint density at radius 2 is 1.83 bits per heavy atom. The van der Waals surface area contributed by atoms with Gasteiger partial charge in [-0.1, -0.05) is 63.2 Å². The number of piperidine rings is 1. The van der Waals surface area contributed by atoms with Gasteiger partial charge in [0, 0.05) is 38.2 Å². The Morgan fingerprint density at radius 3 is 2.56 bits per heavy atom. The fourth-order valence-electron chi connectivity index (χ4n) is 5.23. The Labute approximate surface area is 212 Å². The van der Waals surface area contributed by atoms with E-state index in [9.17, 15) is 4.79 Å². The predicted octanol–water partition coefficient (Wildman–Crippen LogP) is 5.19. The molecular formula is C30H36N4O2. The maximum Gasteiger partial charge on any atom is 0.328 e. The summed E-state index contributed by atoms with van der Waals surface area (Å²) >= 11 is 0. The number of hydrogen-bond donors (Lipinski definition) is 1. The van der Waals surface area contributed by atoms with Gasteiger partial charge in [0.1, 0.15) is 5.60 Å². The number of ether oxygens (including phenoxy) is 1. The molecule has 0 saturated carbocycles. The van der Waals surface area contributed by atoms with Gasteiger partial charge < -0.3 is 10.1 Å². The molecule has 0 aliphatic carbocycles. The Kier molecular flexibility index (Phi) is 6.47. The Balaban J connectivity index is 1.46. The van der Waals surface area contributed by atoms with Crippen molar-refractivity contribution in [3.63, 3.8) is 0 Å². The number of aryl methyl sites for hydroxylation is 1. The summed E-state index contributed by atoms with van der Waals surface area (Å²) in [6.45, 7) is 8.92. The van der Waals surface area contributed by atoms with Crippen molar-refractivity contribution in [2.75, 3.05) is 13.1 Å². The number of hydrogen-bond acceptors (Lipinski definition) is 4. The minimum absolute atomic E-state index is 0.00763. The average Bonchev–Trinajstić information content (AvgIpc) is 3.08. The number of imidazole rings is 1. The third-order valence-electron chi connectivity index (χ3n) is 6.92. The molecule has 1 fully saturated rings. The lowest BCUT2D eigenvalue weighted by Gasteiger charge is -2.38. The molecule has 1 aliphatic heterocycles. The number of benzene rings is 2. The molecule has 0 radical (unpaired) electrons. The van der Waals surface area contributed by atoms with Crippen molar-refractivity contribution in [1.82, 2.24) is 19.4 Å². The number of pyridine rings is 1. The summed E-state index contributed by atoms with van der Waals surface area (Å²) < 4.78 is 10.3. The van der Waals surface area contributed by atoms with Gasteiger partial charge in [-0.15, -0.1) is 0 Å². The van der Waals surface area contributed by atoms with Gasteiger partial charge in [-0.25, -0.2) is 9.78 Å². The van der Waals surface area contributed by atoms with Gasteiger partial charge >= 0.3 is 5.69 Å². The zero-order chi connectivity index (χ0) is 25.3. The first-order chi connectivity index (χ1) is 17.2. The molecule has 6 nitrogen and oxygen atoms in total. The summed E-state index contributed by atoms with van der Waals surface area (Å²) in [5.74, 6) is 0.631. The summed E-state index contributed by atoms with van der Waals surface area (Å²) in [6.07, 6.45) is 2.89. The smallest absolute Gasteiger partial charge is 0.328 e. The summed E-state index contributed by atoms with van der Waals surface area (Å²) in [7, 11) is 1.84. The van der Waals surface area contributed by atoms with Crippen molar-refractivity contribution in [1.29, 1.82) is 0 Å². The van der Waals surface area contributed by atoms with Crippen molar-refractivity contribution in [3.8, 4) is 17.1 Å². The SMILES string of the molecule is Cn1c(=O)n(CC(C)(C)C)c2ccc(-c3cccc(O[C@@]4(Cc5ccccc5)CCCNC4)n3)cc21.